The van der Waals surface area contributed by atoms with Crippen LogP contribution in [0.15, 0.2) is 42.5 Å². The van der Waals surface area contributed by atoms with Crippen molar-refractivity contribution in [3.05, 3.63) is 42.5 Å². The van der Waals surface area contributed by atoms with Crippen LogP contribution in [0.2, 0.25) is 0 Å². The quantitative estimate of drug-likeness (QED) is 0.748. The minimum Gasteiger partial charge on any atom is -0.386 e. The predicted octanol–water partition coefficient (Wildman–Crippen LogP) is 5.17. The van der Waals surface area contributed by atoms with Gasteiger partial charge in [0.15, 0.2) is 0 Å². The first-order chi connectivity index (χ1) is 11.9. The molecule has 25 heavy (non-hydrogen) atoms. The standard InChI is InChI=1S/C21H29O3P/c1-15(2)18-12-11-16(3)13-20(18)24-25(23,14-22)21-10-6-8-17-7-4-5-9-19(17)21/h4-10,15-16,18,20,22H,11-14H2,1-3H3/t16-,18+,20-,25?/m1/s1. The van der Waals surface area contributed by atoms with E-state index < -0.39 is 13.7 Å². The molecular weight excluding hydrogens is 331 g/mol. The number of aliphatic hydroxyl groups excluding tert-OH is 1. The highest BCUT2D eigenvalue weighted by Gasteiger charge is 2.38. The Morgan fingerprint density at radius 3 is 2.60 bits per heavy atom. The molecule has 1 saturated carbocycles. The van der Waals surface area contributed by atoms with Crippen LogP contribution in [-0.2, 0) is 9.09 Å². The fraction of sp³-hybridized carbons (Fsp3) is 0.524. The first-order valence-electron chi connectivity index (χ1n) is 9.31. The maximum absolute atomic E-state index is 13.7. The van der Waals surface area contributed by atoms with E-state index in [1.807, 2.05) is 42.5 Å². The number of benzene rings is 2. The van der Waals surface area contributed by atoms with Crippen molar-refractivity contribution in [2.24, 2.45) is 17.8 Å². The van der Waals surface area contributed by atoms with Crippen molar-refractivity contribution in [1.29, 1.82) is 0 Å². The lowest BCUT2D eigenvalue weighted by molar-refractivity contribution is 0.0472. The molecule has 1 aliphatic carbocycles. The molecule has 0 spiro atoms. The van der Waals surface area contributed by atoms with Crippen LogP contribution in [0.1, 0.15) is 40.0 Å². The van der Waals surface area contributed by atoms with Crippen molar-refractivity contribution >= 4 is 23.4 Å². The molecule has 1 unspecified atom stereocenters. The predicted molar refractivity (Wildman–Crippen MR) is 104 cm³/mol. The maximum atomic E-state index is 13.7. The Morgan fingerprint density at radius 2 is 1.88 bits per heavy atom. The van der Waals surface area contributed by atoms with Gasteiger partial charge in [-0.05, 0) is 47.4 Å². The summed E-state index contributed by atoms with van der Waals surface area (Å²) in [6, 6.07) is 13.6. The van der Waals surface area contributed by atoms with Gasteiger partial charge in [0.25, 0.3) is 7.37 Å². The van der Waals surface area contributed by atoms with Gasteiger partial charge in [-0.2, -0.15) is 0 Å². The molecule has 0 bridgehead atoms. The lowest BCUT2D eigenvalue weighted by atomic mass is 9.75. The van der Waals surface area contributed by atoms with E-state index in [9.17, 15) is 9.67 Å². The number of fused-ring (bicyclic) bond motifs is 1. The van der Waals surface area contributed by atoms with Gasteiger partial charge in [-0.15, -0.1) is 0 Å². The molecule has 0 radical (unpaired) electrons. The normalized spacial score (nSPS) is 26.7. The van der Waals surface area contributed by atoms with Crippen LogP contribution in [0, 0.1) is 17.8 Å². The van der Waals surface area contributed by atoms with Crippen molar-refractivity contribution in [3.63, 3.8) is 0 Å². The van der Waals surface area contributed by atoms with Gasteiger partial charge in [0.2, 0.25) is 0 Å². The van der Waals surface area contributed by atoms with Crippen LogP contribution in [0.4, 0.5) is 0 Å². The number of aliphatic hydroxyl groups is 1. The molecule has 0 heterocycles. The monoisotopic (exact) mass is 360 g/mol. The first kappa shape index (κ1) is 18.6. The average Bonchev–Trinajstić information content (AvgIpc) is 2.61. The van der Waals surface area contributed by atoms with Crippen LogP contribution in [0.25, 0.3) is 10.8 Å². The lowest BCUT2D eigenvalue weighted by Gasteiger charge is -2.38. The van der Waals surface area contributed by atoms with Gasteiger partial charge in [0.05, 0.1) is 6.10 Å². The van der Waals surface area contributed by atoms with Crippen LogP contribution in [0.3, 0.4) is 0 Å². The molecule has 4 heteroatoms. The minimum atomic E-state index is -3.31. The molecule has 4 atom stereocenters. The van der Waals surface area contributed by atoms with Crippen molar-refractivity contribution in [1.82, 2.24) is 0 Å². The van der Waals surface area contributed by atoms with E-state index in [4.69, 9.17) is 4.52 Å². The van der Waals surface area contributed by atoms with Gasteiger partial charge in [0, 0.05) is 5.30 Å². The third kappa shape index (κ3) is 3.84. The SMILES string of the molecule is CC(C)[C@@H]1CC[C@@H](C)C[C@H]1OP(=O)(CO)c1cccc2ccccc12. The number of rotatable bonds is 5. The molecule has 3 rings (SSSR count). The largest absolute Gasteiger partial charge is 0.386 e. The number of hydrogen-bond donors (Lipinski definition) is 1. The van der Waals surface area contributed by atoms with Gasteiger partial charge in [-0.3, -0.25) is 4.57 Å². The van der Waals surface area contributed by atoms with E-state index >= 15 is 0 Å². The molecule has 0 aliphatic heterocycles. The van der Waals surface area contributed by atoms with Gasteiger partial charge < -0.3 is 9.63 Å². The number of hydrogen-bond acceptors (Lipinski definition) is 3. The van der Waals surface area contributed by atoms with Gasteiger partial charge in [-0.1, -0.05) is 63.6 Å². The summed E-state index contributed by atoms with van der Waals surface area (Å²) in [5.74, 6) is 1.45. The van der Waals surface area contributed by atoms with Crippen LogP contribution in [0.5, 0.6) is 0 Å². The summed E-state index contributed by atoms with van der Waals surface area (Å²) in [6.45, 7) is 6.65. The van der Waals surface area contributed by atoms with Crippen molar-refractivity contribution < 1.29 is 14.2 Å². The maximum Gasteiger partial charge on any atom is 0.257 e. The molecule has 0 saturated heterocycles. The van der Waals surface area contributed by atoms with E-state index in [2.05, 4.69) is 20.8 Å². The fourth-order valence-corrected chi connectivity index (χ4v) is 6.02. The van der Waals surface area contributed by atoms with Crippen molar-refractivity contribution in [3.8, 4) is 0 Å². The highest BCUT2D eigenvalue weighted by molar-refractivity contribution is 7.67. The smallest absolute Gasteiger partial charge is 0.257 e. The Balaban J connectivity index is 1.98. The molecule has 1 N–H and O–H groups in total. The highest BCUT2D eigenvalue weighted by Crippen LogP contribution is 2.51. The molecule has 1 aliphatic rings. The summed E-state index contributed by atoms with van der Waals surface area (Å²) in [5, 5.41) is 12.6. The second-order valence-electron chi connectivity index (χ2n) is 7.78. The Labute approximate surface area is 150 Å². The summed E-state index contributed by atoms with van der Waals surface area (Å²) < 4.78 is 19.9. The second kappa shape index (κ2) is 7.61. The zero-order valence-electron chi connectivity index (χ0n) is 15.4. The van der Waals surface area contributed by atoms with E-state index in [0.717, 1.165) is 23.6 Å². The van der Waals surface area contributed by atoms with E-state index in [1.54, 1.807) is 0 Å². The van der Waals surface area contributed by atoms with Gasteiger partial charge >= 0.3 is 0 Å². The molecule has 1 fully saturated rings. The van der Waals surface area contributed by atoms with E-state index in [-0.39, 0.29) is 6.10 Å². The fourth-order valence-electron chi connectivity index (χ4n) is 4.13. The Hall–Kier alpha value is -1.15. The molecule has 136 valence electrons. The summed E-state index contributed by atoms with van der Waals surface area (Å²) in [7, 11) is -3.31. The van der Waals surface area contributed by atoms with Crippen LogP contribution < -0.4 is 5.30 Å². The van der Waals surface area contributed by atoms with Crippen molar-refractivity contribution in [2.45, 2.75) is 46.1 Å². The summed E-state index contributed by atoms with van der Waals surface area (Å²) in [5.41, 5.74) is 0. The topological polar surface area (TPSA) is 46.5 Å². The first-order valence-corrected chi connectivity index (χ1v) is 11.1. The summed E-state index contributed by atoms with van der Waals surface area (Å²) in [4.78, 5) is 0. The Kier molecular flexibility index (Phi) is 5.68. The van der Waals surface area contributed by atoms with Crippen molar-refractivity contribution in [2.75, 3.05) is 6.35 Å². The molecule has 0 amide bonds. The third-order valence-corrected chi connectivity index (χ3v) is 7.69. The molecular formula is C21H29O3P. The molecule has 0 aromatic heterocycles. The summed E-state index contributed by atoms with van der Waals surface area (Å²) >= 11 is 0. The third-order valence-electron chi connectivity index (χ3n) is 5.59. The highest BCUT2D eigenvalue weighted by atomic mass is 31.2. The zero-order chi connectivity index (χ0) is 18.0. The lowest BCUT2D eigenvalue weighted by Crippen LogP contribution is -2.35. The van der Waals surface area contributed by atoms with Gasteiger partial charge in [-0.25, -0.2) is 0 Å². The summed E-state index contributed by atoms with van der Waals surface area (Å²) in [6.07, 6.45) is 2.71. The van der Waals surface area contributed by atoms with Gasteiger partial charge in [0.1, 0.15) is 6.35 Å². The average molecular weight is 360 g/mol. The molecule has 2 aromatic carbocycles. The minimum absolute atomic E-state index is 0.0549. The Morgan fingerprint density at radius 1 is 1.16 bits per heavy atom. The Bertz CT molecular complexity index is 765. The van der Waals surface area contributed by atoms with Crippen LogP contribution in [-0.4, -0.2) is 17.6 Å². The molecule has 3 nitrogen and oxygen atoms in total. The zero-order valence-corrected chi connectivity index (χ0v) is 16.3. The second-order valence-corrected chi connectivity index (χ2v) is 10.1. The molecule has 2 aromatic rings. The van der Waals surface area contributed by atoms with E-state index in [0.29, 0.717) is 23.1 Å². The van der Waals surface area contributed by atoms with E-state index in [1.165, 1.54) is 6.42 Å². The van der Waals surface area contributed by atoms with Crippen LogP contribution >= 0.6 is 7.37 Å².